The molecule has 0 aromatic heterocycles. The maximum absolute atomic E-state index is 12.9. The first kappa shape index (κ1) is 26.7. The molecular weight excluding hydrogens is 440 g/mol. The van der Waals surface area contributed by atoms with E-state index in [1.165, 1.54) is 19.3 Å². The van der Waals surface area contributed by atoms with Crippen molar-refractivity contribution in [2.24, 2.45) is 5.92 Å². The fourth-order valence-corrected chi connectivity index (χ4v) is 4.21. The summed E-state index contributed by atoms with van der Waals surface area (Å²) >= 11 is 0. The van der Waals surface area contributed by atoms with E-state index in [9.17, 15) is 14.7 Å². The van der Waals surface area contributed by atoms with Crippen LogP contribution in [0.5, 0.6) is 5.75 Å². The fourth-order valence-electron chi connectivity index (χ4n) is 4.21. The van der Waals surface area contributed by atoms with Crippen molar-refractivity contribution in [3.8, 4) is 5.75 Å². The van der Waals surface area contributed by atoms with Crippen LogP contribution in [0.1, 0.15) is 55.6 Å². The number of benzene rings is 2. The third-order valence-corrected chi connectivity index (χ3v) is 6.02. The second-order valence-electron chi connectivity index (χ2n) is 8.43. The van der Waals surface area contributed by atoms with Crippen molar-refractivity contribution < 1.29 is 19.4 Å². The van der Waals surface area contributed by atoms with Crippen LogP contribution in [0.15, 0.2) is 54.6 Å². The van der Waals surface area contributed by atoms with Gasteiger partial charge in [-0.2, -0.15) is 0 Å². The zero-order valence-corrected chi connectivity index (χ0v) is 19.8. The van der Waals surface area contributed by atoms with Gasteiger partial charge in [0.15, 0.2) is 0 Å². The number of aliphatic carboxylic acids is 1. The molecule has 1 saturated heterocycles. The number of piperidine rings is 1. The summed E-state index contributed by atoms with van der Waals surface area (Å²) in [5, 5.41) is 15.7. The number of hydrogen-bond acceptors (Lipinski definition) is 4. The van der Waals surface area contributed by atoms with Gasteiger partial charge in [-0.05, 0) is 56.3 Å². The smallest absolute Gasteiger partial charge is 0.304 e. The van der Waals surface area contributed by atoms with Gasteiger partial charge in [-0.1, -0.05) is 55.0 Å². The highest BCUT2D eigenvalue weighted by atomic mass is 35.5. The molecule has 7 heteroatoms. The number of carboxylic acids is 1. The number of unbranched alkanes of at least 4 members (excludes halogenated alkanes) is 1. The SMILES string of the molecule is Cl.O=C(O)CC(C(=O)NCc1ccccc1)c1ccccc1OCCCCC1CCNCC1. The first-order valence-electron chi connectivity index (χ1n) is 11.6. The maximum atomic E-state index is 12.9. The van der Waals surface area contributed by atoms with Gasteiger partial charge in [-0.25, -0.2) is 0 Å². The van der Waals surface area contributed by atoms with Gasteiger partial charge in [0.05, 0.1) is 18.9 Å². The van der Waals surface area contributed by atoms with Crippen LogP contribution in [0, 0.1) is 5.92 Å². The molecule has 180 valence electrons. The zero-order chi connectivity index (χ0) is 22.6. The van der Waals surface area contributed by atoms with E-state index in [2.05, 4.69) is 10.6 Å². The Morgan fingerprint density at radius 1 is 1.03 bits per heavy atom. The van der Waals surface area contributed by atoms with Gasteiger partial charge >= 0.3 is 5.97 Å². The highest BCUT2D eigenvalue weighted by molar-refractivity contribution is 5.88. The molecule has 0 spiro atoms. The Kier molecular flexibility index (Phi) is 11.8. The molecule has 1 amide bonds. The third kappa shape index (κ3) is 9.06. The van der Waals surface area contributed by atoms with E-state index in [4.69, 9.17) is 4.74 Å². The normalized spacial score (nSPS) is 14.7. The molecule has 3 N–H and O–H groups in total. The van der Waals surface area contributed by atoms with Crippen molar-refractivity contribution in [1.82, 2.24) is 10.6 Å². The molecule has 1 atom stereocenters. The van der Waals surface area contributed by atoms with Crippen LogP contribution in [-0.4, -0.2) is 36.7 Å². The largest absolute Gasteiger partial charge is 0.493 e. The Hall–Kier alpha value is -2.57. The van der Waals surface area contributed by atoms with Crippen LogP contribution in [0.4, 0.5) is 0 Å². The summed E-state index contributed by atoms with van der Waals surface area (Å²) < 4.78 is 6.02. The average Bonchev–Trinajstić information content (AvgIpc) is 2.82. The number of hydrogen-bond donors (Lipinski definition) is 3. The number of carboxylic acid groups (broad SMARTS) is 1. The van der Waals surface area contributed by atoms with Gasteiger partial charge in [-0.15, -0.1) is 12.4 Å². The van der Waals surface area contributed by atoms with Gasteiger partial charge in [0.1, 0.15) is 5.75 Å². The van der Waals surface area contributed by atoms with E-state index in [-0.39, 0.29) is 24.7 Å². The summed E-state index contributed by atoms with van der Waals surface area (Å²) in [5.74, 6) is -0.728. The van der Waals surface area contributed by atoms with Crippen LogP contribution in [-0.2, 0) is 16.1 Å². The zero-order valence-electron chi connectivity index (χ0n) is 19.0. The molecule has 0 radical (unpaired) electrons. The average molecular weight is 475 g/mol. The van der Waals surface area contributed by atoms with E-state index >= 15 is 0 Å². The summed E-state index contributed by atoms with van der Waals surface area (Å²) in [4.78, 5) is 24.4. The molecule has 2 aromatic rings. The Bertz CT molecular complexity index is 856. The molecule has 6 nitrogen and oxygen atoms in total. The lowest BCUT2D eigenvalue weighted by atomic mass is 9.92. The first-order valence-corrected chi connectivity index (χ1v) is 11.6. The summed E-state index contributed by atoms with van der Waals surface area (Å²) in [6.07, 6.45) is 5.50. The molecule has 3 rings (SSSR count). The first-order chi connectivity index (χ1) is 15.6. The highest BCUT2D eigenvalue weighted by Crippen LogP contribution is 2.30. The van der Waals surface area contributed by atoms with Gasteiger partial charge in [0.2, 0.25) is 5.91 Å². The second-order valence-corrected chi connectivity index (χ2v) is 8.43. The van der Waals surface area contributed by atoms with Crippen molar-refractivity contribution in [2.45, 2.75) is 51.0 Å². The third-order valence-electron chi connectivity index (χ3n) is 6.02. The van der Waals surface area contributed by atoms with Crippen molar-refractivity contribution >= 4 is 24.3 Å². The molecule has 0 saturated carbocycles. The Morgan fingerprint density at radius 2 is 1.73 bits per heavy atom. The van der Waals surface area contributed by atoms with Gasteiger partial charge in [0.25, 0.3) is 0 Å². The molecule has 1 aliphatic heterocycles. The van der Waals surface area contributed by atoms with Crippen LogP contribution < -0.4 is 15.4 Å². The van der Waals surface area contributed by atoms with Crippen molar-refractivity contribution in [1.29, 1.82) is 0 Å². The fraction of sp³-hybridized carbons (Fsp3) is 0.462. The predicted molar refractivity (Wildman–Crippen MR) is 132 cm³/mol. The van der Waals surface area contributed by atoms with Crippen LogP contribution in [0.25, 0.3) is 0 Å². The second kappa shape index (κ2) is 14.6. The van der Waals surface area contributed by atoms with Crippen LogP contribution in [0.3, 0.4) is 0 Å². The molecule has 1 fully saturated rings. The summed E-state index contributed by atoms with van der Waals surface area (Å²) in [7, 11) is 0. The molecule has 1 unspecified atom stereocenters. The van der Waals surface area contributed by atoms with Gasteiger partial charge < -0.3 is 20.5 Å². The number of carbonyl (C=O) groups excluding carboxylic acids is 1. The lowest BCUT2D eigenvalue weighted by Crippen LogP contribution is -2.30. The van der Waals surface area contributed by atoms with Crippen LogP contribution in [0.2, 0.25) is 0 Å². The van der Waals surface area contributed by atoms with E-state index in [0.717, 1.165) is 37.4 Å². The van der Waals surface area contributed by atoms with E-state index < -0.39 is 11.9 Å². The number of nitrogens with one attached hydrogen (secondary N) is 2. The Labute approximate surface area is 202 Å². The molecule has 1 aliphatic rings. The number of ether oxygens (including phenoxy) is 1. The standard InChI is InChI=1S/C26H34N2O4.ClH/c29-25(30)18-23(26(31)28-19-21-9-2-1-3-10-21)22-11-4-5-12-24(22)32-17-7-6-8-20-13-15-27-16-14-20;/h1-5,9-12,20,23,27H,6-8,13-19H2,(H,28,31)(H,29,30);1H. The van der Waals surface area contributed by atoms with E-state index in [0.29, 0.717) is 24.5 Å². The number of amides is 1. The number of halogens is 1. The van der Waals surface area contributed by atoms with Gasteiger partial charge in [0, 0.05) is 12.1 Å². The topological polar surface area (TPSA) is 87.7 Å². The van der Waals surface area contributed by atoms with Crippen molar-refractivity contribution in [3.63, 3.8) is 0 Å². The minimum Gasteiger partial charge on any atom is -0.493 e. The molecule has 0 bridgehead atoms. The predicted octanol–water partition coefficient (Wildman–Crippen LogP) is 4.53. The number of carbonyl (C=O) groups is 2. The lowest BCUT2D eigenvalue weighted by molar-refractivity contribution is -0.139. The van der Waals surface area contributed by atoms with E-state index in [1.54, 1.807) is 6.07 Å². The number of para-hydroxylation sites is 1. The van der Waals surface area contributed by atoms with E-state index in [1.807, 2.05) is 48.5 Å². The summed E-state index contributed by atoms with van der Waals surface area (Å²) in [6, 6.07) is 16.9. The van der Waals surface area contributed by atoms with Crippen LogP contribution >= 0.6 is 12.4 Å². The van der Waals surface area contributed by atoms with Crippen molar-refractivity contribution in [3.05, 3.63) is 65.7 Å². The van der Waals surface area contributed by atoms with Crippen molar-refractivity contribution in [2.75, 3.05) is 19.7 Å². The molecule has 0 aliphatic carbocycles. The molecule has 1 heterocycles. The van der Waals surface area contributed by atoms with Gasteiger partial charge in [-0.3, -0.25) is 9.59 Å². The molecule has 2 aromatic carbocycles. The highest BCUT2D eigenvalue weighted by Gasteiger charge is 2.26. The minimum atomic E-state index is -1.01. The summed E-state index contributed by atoms with van der Waals surface area (Å²) in [6.45, 7) is 3.15. The monoisotopic (exact) mass is 474 g/mol. The Morgan fingerprint density at radius 3 is 2.45 bits per heavy atom. The molecule has 33 heavy (non-hydrogen) atoms. The number of rotatable bonds is 12. The summed E-state index contributed by atoms with van der Waals surface area (Å²) in [5.41, 5.74) is 1.59. The lowest BCUT2D eigenvalue weighted by Gasteiger charge is -2.22. The molecular formula is C26H35ClN2O4. The Balaban J connectivity index is 0.00000385. The minimum absolute atomic E-state index is 0. The quantitative estimate of drug-likeness (QED) is 0.393. The maximum Gasteiger partial charge on any atom is 0.304 e.